The number of ether oxygens (including phenoxy) is 1. The molecule has 0 aromatic heterocycles. The minimum atomic E-state index is 0.568. The molecule has 84 valence electrons. The molecule has 2 aromatic rings. The Kier molecular flexibility index (Phi) is 3.31. The molecule has 2 N–H and O–H groups in total. The van der Waals surface area contributed by atoms with Crippen molar-refractivity contribution < 1.29 is 4.74 Å². The van der Waals surface area contributed by atoms with Crippen LogP contribution in [0.15, 0.2) is 46.9 Å². The molecule has 0 fully saturated rings. The van der Waals surface area contributed by atoms with Crippen LogP contribution in [0, 0.1) is 11.3 Å². The molecular weight excluding hydrogens is 280 g/mol. The first-order chi connectivity index (χ1) is 8.20. The van der Waals surface area contributed by atoms with E-state index >= 15 is 0 Å². The summed E-state index contributed by atoms with van der Waals surface area (Å²) in [5.74, 6) is 1.23. The van der Waals surface area contributed by atoms with Crippen LogP contribution in [-0.4, -0.2) is 0 Å². The van der Waals surface area contributed by atoms with Crippen LogP contribution in [0.2, 0.25) is 0 Å². The van der Waals surface area contributed by atoms with Gasteiger partial charge < -0.3 is 10.5 Å². The number of rotatable bonds is 2. The molecule has 2 rings (SSSR count). The number of nitrogen functional groups attached to an aromatic ring is 1. The van der Waals surface area contributed by atoms with Crippen molar-refractivity contribution in [2.75, 3.05) is 5.73 Å². The topological polar surface area (TPSA) is 59.0 Å². The standard InChI is InChI=1S/C13H9BrN2O/c14-11-7-10(6-5-9(11)8-15)17-13-4-2-1-3-12(13)16/h1-7H,16H2. The van der Waals surface area contributed by atoms with Crippen molar-refractivity contribution in [2.45, 2.75) is 0 Å². The summed E-state index contributed by atoms with van der Waals surface area (Å²) in [6.07, 6.45) is 0. The van der Waals surface area contributed by atoms with E-state index in [0.717, 1.165) is 0 Å². The van der Waals surface area contributed by atoms with E-state index in [9.17, 15) is 0 Å². The Morgan fingerprint density at radius 3 is 2.59 bits per heavy atom. The molecule has 0 aliphatic heterocycles. The number of hydrogen-bond acceptors (Lipinski definition) is 3. The highest BCUT2D eigenvalue weighted by molar-refractivity contribution is 9.10. The highest BCUT2D eigenvalue weighted by Gasteiger charge is 2.04. The molecule has 0 amide bonds. The number of anilines is 1. The maximum absolute atomic E-state index is 8.80. The molecule has 0 spiro atoms. The van der Waals surface area contributed by atoms with Gasteiger partial charge in [0.05, 0.1) is 11.3 Å². The molecule has 0 aliphatic carbocycles. The van der Waals surface area contributed by atoms with Crippen LogP contribution >= 0.6 is 15.9 Å². The zero-order chi connectivity index (χ0) is 12.3. The summed E-state index contributed by atoms with van der Waals surface area (Å²) in [6.45, 7) is 0. The average Bonchev–Trinajstić information content (AvgIpc) is 2.32. The van der Waals surface area contributed by atoms with E-state index in [1.54, 1.807) is 30.3 Å². The van der Waals surface area contributed by atoms with E-state index in [-0.39, 0.29) is 0 Å². The van der Waals surface area contributed by atoms with Gasteiger partial charge in [0.1, 0.15) is 17.6 Å². The maximum atomic E-state index is 8.80. The van der Waals surface area contributed by atoms with Crippen LogP contribution in [0.25, 0.3) is 0 Å². The molecule has 17 heavy (non-hydrogen) atoms. The zero-order valence-electron chi connectivity index (χ0n) is 8.85. The molecule has 0 aliphatic rings. The monoisotopic (exact) mass is 288 g/mol. The van der Waals surface area contributed by atoms with Gasteiger partial charge in [-0.25, -0.2) is 0 Å². The second-order valence-electron chi connectivity index (χ2n) is 3.39. The molecule has 0 radical (unpaired) electrons. The largest absolute Gasteiger partial charge is 0.455 e. The molecule has 2 aromatic carbocycles. The number of para-hydroxylation sites is 2. The van der Waals surface area contributed by atoms with Gasteiger partial charge in [-0.05, 0) is 46.3 Å². The second-order valence-corrected chi connectivity index (χ2v) is 4.25. The van der Waals surface area contributed by atoms with E-state index in [1.165, 1.54) is 0 Å². The number of hydrogen-bond donors (Lipinski definition) is 1. The van der Waals surface area contributed by atoms with Gasteiger partial charge in [-0.2, -0.15) is 5.26 Å². The van der Waals surface area contributed by atoms with E-state index in [4.69, 9.17) is 15.7 Å². The Morgan fingerprint density at radius 1 is 1.18 bits per heavy atom. The normalized spacial score (nSPS) is 9.65. The fourth-order valence-corrected chi connectivity index (χ4v) is 1.80. The molecule has 0 heterocycles. The lowest BCUT2D eigenvalue weighted by Gasteiger charge is -2.08. The van der Waals surface area contributed by atoms with Gasteiger partial charge in [-0.3, -0.25) is 0 Å². The summed E-state index contributed by atoms with van der Waals surface area (Å²) in [5, 5.41) is 8.80. The van der Waals surface area contributed by atoms with Crippen molar-refractivity contribution in [3.8, 4) is 17.6 Å². The van der Waals surface area contributed by atoms with Gasteiger partial charge in [-0.1, -0.05) is 12.1 Å². The number of nitriles is 1. The third-order valence-corrected chi connectivity index (χ3v) is 2.86. The molecule has 0 bridgehead atoms. The minimum absolute atomic E-state index is 0.568. The quantitative estimate of drug-likeness (QED) is 0.858. The summed E-state index contributed by atoms with van der Waals surface area (Å²) >= 11 is 3.31. The summed E-state index contributed by atoms with van der Waals surface area (Å²) in [6, 6.07) is 14.5. The fraction of sp³-hybridized carbons (Fsp3) is 0. The second kappa shape index (κ2) is 4.89. The Labute approximate surface area is 108 Å². The minimum Gasteiger partial charge on any atom is -0.455 e. The van der Waals surface area contributed by atoms with Crippen LogP contribution in [0.4, 0.5) is 5.69 Å². The van der Waals surface area contributed by atoms with E-state index in [1.807, 2.05) is 12.1 Å². The van der Waals surface area contributed by atoms with Crippen LogP contribution in [0.3, 0.4) is 0 Å². The van der Waals surface area contributed by atoms with Crippen molar-refractivity contribution >= 4 is 21.6 Å². The predicted octanol–water partition coefficient (Wildman–Crippen LogP) is 3.70. The van der Waals surface area contributed by atoms with Crippen molar-refractivity contribution in [2.24, 2.45) is 0 Å². The molecule has 0 saturated carbocycles. The number of benzene rings is 2. The molecule has 0 saturated heterocycles. The van der Waals surface area contributed by atoms with Crippen molar-refractivity contribution in [3.63, 3.8) is 0 Å². The van der Waals surface area contributed by atoms with Crippen LogP contribution < -0.4 is 10.5 Å². The summed E-state index contributed by atoms with van der Waals surface area (Å²) in [7, 11) is 0. The highest BCUT2D eigenvalue weighted by atomic mass is 79.9. The Balaban J connectivity index is 2.29. The first kappa shape index (κ1) is 11.5. The third kappa shape index (κ3) is 2.58. The summed E-state index contributed by atoms with van der Waals surface area (Å²) in [4.78, 5) is 0. The predicted molar refractivity (Wildman–Crippen MR) is 69.8 cm³/mol. The molecular formula is C13H9BrN2O. The Hall–Kier alpha value is -1.99. The van der Waals surface area contributed by atoms with Gasteiger partial charge in [0.15, 0.2) is 0 Å². The fourth-order valence-electron chi connectivity index (χ4n) is 1.35. The maximum Gasteiger partial charge on any atom is 0.150 e. The van der Waals surface area contributed by atoms with Crippen LogP contribution in [0.1, 0.15) is 5.56 Å². The van der Waals surface area contributed by atoms with E-state index in [0.29, 0.717) is 27.2 Å². The number of nitrogens with two attached hydrogens (primary N) is 1. The van der Waals surface area contributed by atoms with Gasteiger partial charge in [-0.15, -0.1) is 0 Å². The van der Waals surface area contributed by atoms with Crippen molar-refractivity contribution in [1.82, 2.24) is 0 Å². The van der Waals surface area contributed by atoms with Gasteiger partial charge in [0.25, 0.3) is 0 Å². The van der Waals surface area contributed by atoms with Gasteiger partial charge >= 0.3 is 0 Å². The van der Waals surface area contributed by atoms with Crippen molar-refractivity contribution in [3.05, 3.63) is 52.5 Å². The molecule has 0 atom stereocenters. The molecule has 4 heteroatoms. The lowest BCUT2D eigenvalue weighted by atomic mass is 10.2. The van der Waals surface area contributed by atoms with E-state index < -0.39 is 0 Å². The summed E-state index contributed by atoms with van der Waals surface area (Å²) in [5.41, 5.74) is 6.92. The number of nitrogens with zero attached hydrogens (tertiary/aromatic N) is 1. The molecule has 0 unspecified atom stereocenters. The first-order valence-corrected chi connectivity index (χ1v) is 5.72. The van der Waals surface area contributed by atoms with Gasteiger partial charge in [0.2, 0.25) is 0 Å². The first-order valence-electron chi connectivity index (χ1n) is 4.92. The third-order valence-electron chi connectivity index (χ3n) is 2.21. The van der Waals surface area contributed by atoms with Crippen LogP contribution in [0.5, 0.6) is 11.5 Å². The van der Waals surface area contributed by atoms with Crippen LogP contribution in [-0.2, 0) is 0 Å². The summed E-state index contributed by atoms with van der Waals surface area (Å²) < 4.78 is 6.33. The average molecular weight is 289 g/mol. The van der Waals surface area contributed by atoms with E-state index in [2.05, 4.69) is 22.0 Å². The SMILES string of the molecule is N#Cc1ccc(Oc2ccccc2N)cc1Br. The number of halogens is 1. The van der Waals surface area contributed by atoms with Gasteiger partial charge in [0, 0.05) is 4.47 Å². The van der Waals surface area contributed by atoms with Crippen molar-refractivity contribution in [1.29, 1.82) is 5.26 Å². The molecule has 3 nitrogen and oxygen atoms in total. The zero-order valence-corrected chi connectivity index (χ0v) is 10.4. The smallest absolute Gasteiger partial charge is 0.150 e. The Morgan fingerprint density at radius 2 is 1.94 bits per heavy atom. The highest BCUT2D eigenvalue weighted by Crippen LogP contribution is 2.29. The lowest BCUT2D eigenvalue weighted by molar-refractivity contribution is 0.484. The Bertz CT molecular complexity index is 590. The lowest BCUT2D eigenvalue weighted by Crippen LogP contribution is -1.91.